The predicted octanol–water partition coefficient (Wildman–Crippen LogP) is 1.83. The zero-order valence-corrected chi connectivity index (χ0v) is 16.6. The van der Waals surface area contributed by atoms with Crippen molar-refractivity contribution >= 4 is 29.4 Å². The lowest BCUT2D eigenvalue weighted by Crippen LogP contribution is -2.39. The third-order valence-electron chi connectivity index (χ3n) is 5.18. The maximum atomic E-state index is 12.4. The van der Waals surface area contributed by atoms with E-state index in [0.717, 1.165) is 10.5 Å². The van der Waals surface area contributed by atoms with Crippen molar-refractivity contribution in [1.82, 2.24) is 4.90 Å². The third kappa shape index (κ3) is 4.31. The van der Waals surface area contributed by atoms with Crippen LogP contribution in [0.3, 0.4) is 0 Å². The van der Waals surface area contributed by atoms with E-state index in [9.17, 15) is 19.2 Å². The van der Waals surface area contributed by atoms with E-state index in [4.69, 9.17) is 9.47 Å². The van der Waals surface area contributed by atoms with E-state index in [1.165, 1.54) is 14.0 Å². The maximum absolute atomic E-state index is 12.4. The average Bonchev–Trinajstić information content (AvgIpc) is 2.93. The molecule has 3 amide bonds. The highest BCUT2D eigenvalue weighted by atomic mass is 16.5. The molecule has 2 aliphatic rings. The van der Waals surface area contributed by atoms with Gasteiger partial charge in [0.25, 0.3) is 5.91 Å². The van der Waals surface area contributed by atoms with Crippen molar-refractivity contribution in [3.63, 3.8) is 0 Å². The number of nitrogens with one attached hydrogen (secondary N) is 1. The van der Waals surface area contributed by atoms with Gasteiger partial charge in [0.15, 0.2) is 6.10 Å². The van der Waals surface area contributed by atoms with Crippen LogP contribution >= 0.6 is 0 Å². The number of allylic oxidation sites excluding steroid dienone is 2. The van der Waals surface area contributed by atoms with E-state index in [1.807, 2.05) is 25.1 Å². The van der Waals surface area contributed by atoms with E-state index in [-0.39, 0.29) is 11.8 Å². The molecule has 1 heterocycles. The van der Waals surface area contributed by atoms with Crippen molar-refractivity contribution in [1.29, 1.82) is 0 Å². The summed E-state index contributed by atoms with van der Waals surface area (Å²) in [6, 6.07) is 5.30. The van der Waals surface area contributed by atoms with Crippen LogP contribution in [0.25, 0.3) is 0 Å². The lowest BCUT2D eigenvalue weighted by atomic mass is 9.85. The van der Waals surface area contributed by atoms with Crippen molar-refractivity contribution < 1.29 is 28.7 Å². The quantitative estimate of drug-likeness (QED) is 0.444. The molecule has 8 heteroatoms. The Morgan fingerprint density at radius 1 is 1.17 bits per heavy atom. The van der Waals surface area contributed by atoms with Gasteiger partial charge >= 0.3 is 5.97 Å². The smallest absolute Gasteiger partial charge is 0.326 e. The average molecular weight is 400 g/mol. The SMILES string of the molecule is COc1ccc(C)cc1NC(=O)[C@H](C)OC(=O)CN1C(=O)[C@H]2CC=CC[C@H]2C1=O. The number of esters is 1. The molecule has 0 spiro atoms. The van der Waals surface area contributed by atoms with E-state index in [1.54, 1.807) is 12.1 Å². The fourth-order valence-electron chi connectivity index (χ4n) is 3.60. The molecule has 154 valence electrons. The number of rotatable bonds is 6. The van der Waals surface area contributed by atoms with Gasteiger partial charge in [-0.25, -0.2) is 0 Å². The topological polar surface area (TPSA) is 102 Å². The Hall–Kier alpha value is -3.16. The fraction of sp³-hybridized carbons (Fsp3) is 0.429. The van der Waals surface area contributed by atoms with Crippen LogP contribution in [0.1, 0.15) is 25.3 Å². The summed E-state index contributed by atoms with van der Waals surface area (Å²) in [5.41, 5.74) is 1.38. The number of amides is 3. The standard InChI is InChI=1S/C21H24N2O6/c1-12-8-9-17(28-3)16(10-12)22-19(25)13(2)29-18(24)11-23-20(26)14-6-4-5-7-15(14)21(23)27/h4-5,8-10,13-15H,6-7,11H2,1-3H3,(H,22,25)/t13-,14-,15+/m0/s1. The summed E-state index contributed by atoms with van der Waals surface area (Å²) in [6.45, 7) is 2.80. The summed E-state index contributed by atoms with van der Waals surface area (Å²) in [5.74, 6) is -2.40. The molecule has 1 aliphatic carbocycles. The van der Waals surface area contributed by atoms with Crippen LogP contribution in [0.4, 0.5) is 5.69 Å². The Morgan fingerprint density at radius 3 is 2.38 bits per heavy atom. The molecule has 8 nitrogen and oxygen atoms in total. The first-order valence-electron chi connectivity index (χ1n) is 9.47. The summed E-state index contributed by atoms with van der Waals surface area (Å²) < 4.78 is 10.4. The van der Waals surface area contributed by atoms with Crippen molar-refractivity contribution in [3.8, 4) is 5.75 Å². The van der Waals surface area contributed by atoms with Crippen molar-refractivity contribution in [2.24, 2.45) is 11.8 Å². The Kier molecular flexibility index (Phi) is 6.00. The summed E-state index contributed by atoms with van der Waals surface area (Å²) in [7, 11) is 1.49. The molecule has 1 aliphatic heterocycles. The van der Waals surface area contributed by atoms with Gasteiger partial charge in [-0.15, -0.1) is 0 Å². The number of carbonyl (C=O) groups is 4. The summed E-state index contributed by atoms with van der Waals surface area (Å²) in [4.78, 5) is 50.4. The number of benzene rings is 1. The summed E-state index contributed by atoms with van der Waals surface area (Å²) >= 11 is 0. The number of imide groups is 1. The fourth-order valence-corrected chi connectivity index (χ4v) is 3.60. The van der Waals surface area contributed by atoms with E-state index < -0.39 is 36.4 Å². The van der Waals surface area contributed by atoms with E-state index >= 15 is 0 Å². The maximum Gasteiger partial charge on any atom is 0.326 e. The Labute approximate surface area is 168 Å². The number of fused-ring (bicyclic) bond motifs is 1. The van der Waals surface area contributed by atoms with Gasteiger partial charge < -0.3 is 14.8 Å². The van der Waals surface area contributed by atoms with Crippen LogP contribution in [0.15, 0.2) is 30.4 Å². The van der Waals surface area contributed by atoms with Crippen molar-refractivity contribution in [3.05, 3.63) is 35.9 Å². The van der Waals surface area contributed by atoms with Gasteiger partial charge in [0.1, 0.15) is 12.3 Å². The molecule has 0 aromatic heterocycles. The minimum atomic E-state index is -1.11. The molecule has 1 aromatic carbocycles. The lowest BCUT2D eigenvalue weighted by Gasteiger charge is -2.18. The molecule has 1 N–H and O–H groups in total. The van der Waals surface area contributed by atoms with Crippen molar-refractivity contribution in [2.45, 2.75) is 32.8 Å². The van der Waals surface area contributed by atoms with Gasteiger partial charge in [0.2, 0.25) is 11.8 Å². The number of aryl methyl sites for hydroxylation is 1. The molecule has 3 rings (SSSR count). The first-order chi connectivity index (χ1) is 13.8. The van der Waals surface area contributed by atoms with Crippen LogP contribution in [-0.2, 0) is 23.9 Å². The number of ether oxygens (including phenoxy) is 2. The molecule has 1 saturated heterocycles. The third-order valence-corrected chi connectivity index (χ3v) is 5.18. The number of methoxy groups -OCH3 is 1. The molecule has 1 aromatic rings. The van der Waals surface area contributed by atoms with Gasteiger partial charge in [0.05, 0.1) is 24.6 Å². The molecule has 29 heavy (non-hydrogen) atoms. The lowest BCUT2D eigenvalue weighted by molar-refractivity contribution is -0.158. The highest BCUT2D eigenvalue weighted by molar-refractivity contribution is 6.07. The number of anilines is 1. The second kappa shape index (κ2) is 8.46. The van der Waals surface area contributed by atoms with Crippen LogP contribution in [-0.4, -0.2) is 48.3 Å². The number of carbonyl (C=O) groups excluding carboxylic acids is 4. The highest BCUT2D eigenvalue weighted by Gasteiger charge is 2.47. The minimum Gasteiger partial charge on any atom is -0.495 e. The summed E-state index contributed by atoms with van der Waals surface area (Å²) in [6.07, 6.45) is 3.64. The number of likely N-dealkylation sites (tertiary alicyclic amines) is 1. The van der Waals surface area contributed by atoms with E-state index in [2.05, 4.69) is 5.32 Å². The minimum absolute atomic E-state index is 0.358. The highest BCUT2D eigenvalue weighted by Crippen LogP contribution is 2.34. The molecule has 0 radical (unpaired) electrons. The second-order valence-electron chi connectivity index (χ2n) is 7.24. The normalized spacial score (nSPS) is 21.6. The van der Waals surface area contributed by atoms with E-state index in [0.29, 0.717) is 24.3 Å². The molecular weight excluding hydrogens is 376 g/mol. The van der Waals surface area contributed by atoms with Gasteiger partial charge in [-0.1, -0.05) is 18.2 Å². The second-order valence-corrected chi connectivity index (χ2v) is 7.24. The largest absolute Gasteiger partial charge is 0.495 e. The van der Waals surface area contributed by atoms with Crippen molar-refractivity contribution in [2.75, 3.05) is 19.0 Å². The zero-order chi connectivity index (χ0) is 21.1. The van der Waals surface area contributed by atoms with Crippen LogP contribution in [0.5, 0.6) is 5.75 Å². The van der Waals surface area contributed by atoms with Gasteiger partial charge in [-0.3, -0.25) is 24.1 Å². The van der Waals surface area contributed by atoms with Crippen LogP contribution in [0, 0.1) is 18.8 Å². The van der Waals surface area contributed by atoms with Crippen LogP contribution < -0.4 is 10.1 Å². The Bertz CT molecular complexity index is 852. The molecule has 0 unspecified atom stereocenters. The Balaban J connectivity index is 1.58. The molecule has 3 atom stereocenters. The van der Waals surface area contributed by atoms with Gasteiger partial charge in [0, 0.05) is 0 Å². The Morgan fingerprint density at radius 2 is 1.79 bits per heavy atom. The predicted molar refractivity (Wildman–Crippen MR) is 104 cm³/mol. The van der Waals surface area contributed by atoms with Gasteiger partial charge in [-0.2, -0.15) is 0 Å². The molecule has 1 fully saturated rings. The monoisotopic (exact) mass is 400 g/mol. The number of hydrogen-bond acceptors (Lipinski definition) is 6. The summed E-state index contributed by atoms with van der Waals surface area (Å²) in [5, 5.41) is 2.66. The van der Waals surface area contributed by atoms with Gasteiger partial charge in [-0.05, 0) is 44.4 Å². The number of hydrogen-bond donors (Lipinski definition) is 1. The molecule has 0 saturated carbocycles. The number of nitrogens with zero attached hydrogens (tertiary/aromatic N) is 1. The molecule has 0 bridgehead atoms. The van der Waals surface area contributed by atoms with Crippen LogP contribution in [0.2, 0.25) is 0 Å². The first kappa shape index (κ1) is 20.6. The zero-order valence-electron chi connectivity index (χ0n) is 16.6. The molecular formula is C21H24N2O6. The first-order valence-corrected chi connectivity index (χ1v) is 9.47.